The Kier molecular flexibility index (Phi) is 6.58. The zero-order valence-corrected chi connectivity index (χ0v) is 16.2. The molecule has 7 N–H and O–H groups in total. The highest BCUT2D eigenvalue weighted by molar-refractivity contribution is 5.95. The van der Waals surface area contributed by atoms with E-state index in [-0.39, 0.29) is 23.7 Å². The molecule has 2 aromatic rings. The van der Waals surface area contributed by atoms with Gasteiger partial charge in [0.15, 0.2) is 0 Å². The van der Waals surface area contributed by atoms with Crippen molar-refractivity contribution in [1.82, 2.24) is 21.5 Å². The Morgan fingerprint density at radius 3 is 2.48 bits per heavy atom. The van der Waals surface area contributed by atoms with Gasteiger partial charge in [0.05, 0.1) is 0 Å². The highest BCUT2D eigenvalue weighted by Gasteiger charge is 2.31. The second-order valence-electron chi connectivity index (χ2n) is 7.10. The normalized spacial score (nSPS) is 19.3. The summed E-state index contributed by atoms with van der Waals surface area (Å²) in [6.45, 7) is 1.99. The van der Waals surface area contributed by atoms with Crippen molar-refractivity contribution < 1.29 is 9.59 Å². The number of nitrogen functional groups attached to an aromatic ring is 1. The van der Waals surface area contributed by atoms with Gasteiger partial charge in [-0.2, -0.15) is 0 Å². The average Bonchev–Trinajstić information content (AvgIpc) is 3.23. The van der Waals surface area contributed by atoms with Crippen LogP contribution >= 0.6 is 0 Å². The van der Waals surface area contributed by atoms with E-state index >= 15 is 0 Å². The van der Waals surface area contributed by atoms with E-state index in [4.69, 9.17) is 11.1 Å². The number of carbonyl (C=O) groups excluding carboxylic acids is 2. The molecule has 8 nitrogen and oxygen atoms in total. The van der Waals surface area contributed by atoms with Gasteiger partial charge in [0, 0.05) is 18.2 Å². The number of carbonyl (C=O) groups is 2. The molecule has 0 bridgehead atoms. The maximum atomic E-state index is 12.5. The molecule has 0 spiro atoms. The Morgan fingerprint density at radius 1 is 1.14 bits per heavy atom. The SMILES string of the molecule is C[C@H](NC(=O)C1CC(c2ccccc2)NN1)C(=O)NCc1ccc(C(=N)N)cc1. The summed E-state index contributed by atoms with van der Waals surface area (Å²) in [7, 11) is 0. The van der Waals surface area contributed by atoms with Crippen LogP contribution in [0.25, 0.3) is 0 Å². The lowest BCUT2D eigenvalue weighted by molar-refractivity contribution is -0.129. The molecule has 3 rings (SSSR count). The van der Waals surface area contributed by atoms with Gasteiger partial charge in [-0.25, -0.2) is 10.9 Å². The van der Waals surface area contributed by atoms with Crippen molar-refractivity contribution in [3.63, 3.8) is 0 Å². The Labute approximate surface area is 169 Å². The van der Waals surface area contributed by atoms with Crippen LogP contribution in [0.2, 0.25) is 0 Å². The zero-order chi connectivity index (χ0) is 20.8. The number of hydrazine groups is 1. The molecule has 0 aliphatic carbocycles. The van der Waals surface area contributed by atoms with E-state index in [0.29, 0.717) is 18.5 Å². The fraction of sp³-hybridized carbons (Fsp3) is 0.286. The third-order valence-electron chi connectivity index (χ3n) is 4.91. The highest BCUT2D eigenvalue weighted by Crippen LogP contribution is 2.21. The van der Waals surface area contributed by atoms with Crippen LogP contribution in [-0.2, 0) is 16.1 Å². The van der Waals surface area contributed by atoms with Crippen molar-refractivity contribution >= 4 is 17.6 Å². The number of rotatable bonds is 7. The molecule has 2 unspecified atom stereocenters. The molecule has 0 radical (unpaired) electrons. The van der Waals surface area contributed by atoms with E-state index in [1.54, 1.807) is 31.2 Å². The molecule has 8 heteroatoms. The van der Waals surface area contributed by atoms with Crippen LogP contribution in [0.15, 0.2) is 54.6 Å². The topological polar surface area (TPSA) is 132 Å². The van der Waals surface area contributed by atoms with Crippen LogP contribution in [0.3, 0.4) is 0 Å². The second kappa shape index (κ2) is 9.31. The first-order valence-corrected chi connectivity index (χ1v) is 9.51. The van der Waals surface area contributed by atoms with Crippen LogP contribution in [0.1, 0.15) is 36.1 Å². The molecule has 29 heavy (non-hydrogen) atoms. The molecule has 2 aromatic carbocycles. The molecule has 1 heterocycles. The Bertz CT molecular complexity index is 868. The van der Waals surface area contributed by atoms with E-state index in [9.17, 15) is 9.59 Å². The standard InChI is InChI=1S/C21H26N6O2/c1-13(20(28)24-12-14-7-9-16(10-8-14)19(22)23)25-21(29)18-11-17(26-27-18)15-5-3-2-4-6-15/h2-10,13,17-18,26-27H,11-12H2,1H3,(H3,22,23)(H,24,28)(H,25,29)/t13-,17?,18?/m0/s1. The number of hydrogen-bond acceptors (Lipinski definition) is 5. The minimum Gasteiger partial charge on any atom is -0.384 e. The van der Waals surface area contributed by atoms with Gasteiger partial charge < -0.3 is 16.4 Å². The summed E-state index contributed by atoms with van der Waals surface area (Å²) >= 11 is 0. The maximum Gasteiger partial charge on any atom is 0.242 e. The summed E-state index contributed by atoms with van der Waals surface area (Å²) < 4.78 is 0. The summed E-state index contributed by atoms with van der Waals surface area (Å²) in [6.07, 6.45) is 0.604. The minimum absolute atomic E-state index is 0.00133. The first kappa shape index (κ1) is 20.5. The predicted molar refractivity (Wildman–Crippen MR) is 111 cm³/mol. The fourth-order valence-corrected chi connectivity index (χ4v) is 3.16. The Hall–Kier alpha value is -3.23. The number of nitrogens with one attached hydrogen (secondary N) is 5. The summed E-state index contributed by atoms with van der Waals surface area (Å²) in [5.74, 6) is -0.481. The van der Waals surface area contributed by atoms with Gasteiger partial charge in [0.25, 0.3) is 0 Å². The first-order valence-electron chi connectivity index (χ1n) is 9.51. The largest absolute Gasteiger partial charge is 0.384 e. The molecular weight excluding hydrogens is 368 g/mol. The van der Waals surface area contributed by atoms with E-state index < -0.39 is 12.1 Å². The van der Waals surface area contributed by atoms with Gasteiger partial charge >= 0.3 is 0 Å². The fourth-order valence-electron chi connectivity index (χ4n) is 3.16. The number of amidine groups is 1. The Morgan fingerprint density at radius 2 is 1.83 bits per heavy atom. The van der Waals surface area contributed by atoms with Gasteiger partial charge in [0.1, 0.15) is 17.9 Å². The molecule has 2 amide bonds. The van der Waals surface area contributed by atoms with Crippen LogP contribution in [-0.4, -0.2) is 29.7 Å². The molecule has 0 saturated carbocycles. The highest BCUT2D eigenvalue weighted by atomic mass is 16.2. The lowest BCUT2D eigenvalue weighted by Gasteiger charge is -2.17. The van der Waals surface area contributed by atoms with Crippen molar-refractivity contribution in [2.75, 3.05) is 0 Å². The van der Waals surface area contributed by atoms with Gasteiger partial charge in [0.2, 0.25) is 11.8 Å². The smallest absolute Gasteiger partial charge is 0.242 e. The van der Waals surface area contributed by atoms with Crippen molar-refractivity contribution in [2.24, 2.45) is 5.73 Å². The van der Waals surface area contributed by atoms with Crippen molar-refractivity contribution in [2.45, 2.75) is 38.0 Å². The summed E-state index contributed by atoms with van der Waals surface area (Å²) in [5.41, 5.74) is 14.2. The van der Waals surface area contributed by atoms with Crippen LogP contribution in [0.5, 0.6) is 0 Å². The molecule has 1 fully saturated rings. The molecular formula is C21H26N6O2. The third-order valence-corrected chi connectivity index (χ3v) is 4.91. The van der Waals surface area contributed by atoms with Crippen LogP contribution in [0.4, 0.5) is 0 Å². The maximum absolute atomic E-state index is 12.5. The molecule has 1 aliphatic heterocycles. The van der Waals surface area contributed by atoms with Gasteiger partial charge in [-0.05, 0) is 24.5 Å². The van der Waals surface area contributed by atoms with E-state index in [1.165, 1.54) is 0 Å². The number of benzene rings is 2. The lowest BCUT2D eigenvalue weighted by atomic mass is 10.0. The predicted octanol–water partition coefficient (Wildman–Crippen LogP) is 0.699. The second-order valence-corrected chi connectivity index (χ2v) is 7.10. The average molecular weight is 394 g/mol. The number of amides is 2. The molecule has 152 valence electrons. The molecule has 0 aromatic heterocycles. The zero-order valence-electron chi connectivity index (χ0n) is 16.2. The molecule has 3 atom stereocenters. The third kappa shape index (κ3) is 5.40. The number of hydrogen-bond donors (Lipinski definition) is 6. The van der Waals surface area contributed by atoms with Gasteiger partial charge in [-0.1, -0.05) is 54.6 Å². The number of nitrogens with two attached hydrogens (primary N) is 1. The summed E-state index contributed by atoms with van der Waals surface area (Å²) in [4.78, 5) is 24.8. The van der Waals surface area contributed by atoms with Gasteiger partial charge in [-0.15, -0.1) is 0 Å². The van der Waals surface area contributed by atoms with Crippen LogP contribution in [0, 0.1) is 5.41 Å². The first-order chi connectivity index (χ1) is 13.9. The minimum atomic E-state index is -0.656. The Balaban J connectivity index is 1.45. The quantitative estimate of drug-likeness (QED) is 0.304. The van der Waals surface area contributed by atoms with Gasteiger partial charge in [-0.3, -0.25) is 15.0 Å². The van der Waals surface area contributed by atoms with Crippen LogP contribution < -0.4 is 27.2 Å². The van der Waals surface area contributed by atoms with Crippen molar-refractivity contribution in [3.8, 4) is 0 Å². The summed E-state index contributed by atoms with van der Waals surface area (Å²) in [5, 5.41) is 12.9. The summed E-state index contributed by atoms with van der Waals surface area (Å²) in [6, 6.07) is 16.0. The van der Waals surface area contributed by atoms with Crippen molar-refractivity contribution in [3.05, 3.63) is 71.3 Å². The van der Waals surface area contributed by atoms with E-state index in [1.807, 2.05) is 30.3 Å². The van der Waals surface area contributed by atoms with E-state index in [0.717, 1.165) is 11.1 Å². The lowest BCUT2D eigenvalue weighted by Crippen LogP contribution is -2.50. The molecule has 1 saturated heterocycles. The van der Waals surface area contributed by atoms with Crippen molar-refractivity contribution in [1.29, 1.82) is 5.41 Å². The van der Waals surface area contributed by atoms with E-state index in [2.05, 4.69) is 21.5 Å². The molecule has 1 aliphatic rings. The monoisotopic (exact) mass is 394 g/mol.